The van der Waals surface area contributed by atoms with Crippen molar-refractivity contribution in [3.63, 3.8) is 0 Å². The number of rotatable bonds is 6. The van der Waals surface area contributed by atoms with Gasteiger partial charge in [0.15, 0.2) is 0 Å². The third kappa shape index (κ3) is 3.32. The van der Waals surface area contributed by atoms with Gasteiger partial charge in [0.05, 0.1) is 5.52 Å². The average Bonchev–Trinajstić information content (AvgIpc) is 3.35. The van der Waals surface area contributed by atoms with Crippen LogP contribution in [0.3, 0.4) is 0 Å². The maximum absolute atomic E-state index is 13.1. The fourth-order valence-electron chi connectivity index (χ4n) is 3.13. The van der Waals surface area contributed by atoms with Gasteiger partial charge >= 0.3 is 5.97 Å². The van der Waals surface area contributed by atoms with E-state index in [-0.39, 0.29) is 17.7 Å². The molecular weight excluding hydrogens is 396 g/mol. The molecule has 4 aromatic rings. The third-order valence-electron chi connectivity index (χ3n) is 4.51. The summed E-state index contributed by atoms with van der Waals surface area (Å²) in [7, 11) is -3.84. The lowest BCUT2D eigenvalue weighted by molar-refractivity contribution is -0.136. The second-order valence-corrected chi connectivity index (χ2v) is 8.88. The summed E-state index contributed by atoms with van der Waals surface area (Å²) in [6, 6.07) is 10.6. The van der Waals surface area contributed by atoms with Crippen molar-refractivity contribution in [1.82, 2.24) is 8.96 Å². The lowest BCUT2D eigenvalue weighted by atomic mass is 10.0. The fourth-order valence-corrected chi connectivity index (χ4v) is 5.15. The number of benzene rings is 1. The molecule has 1 aromatic carbocycles. The van der Waals surface area contributed by atoms with Crippen molar-refractivity contribution in [3.05, 3.63) is 71.3 Å². The smallest absolute Gasteiger partial charge is 0.303 e. The summed E-state index contributed by atoms with van der Waals surface area (Å²) in [6.45, 7) is 0. The summed E-state index contributed by atoms with van der Waals surface area (Å²) in [5, 5.41) is 13.8. The molecule has 8 heteroatoms. The lowest BCUT2D eigenvalue weighted by Crippen LogP contribution is -2.12. The van der Waals surface area contributed by atoms with Crippen LogP contribution in [0.1, 0.15) is 12.0 Å². The molecule has 0 saturated heterocycles. The first-order valence-corrected chi connectivity index (χ1v) is 10.9. The Morgan fingerprint density at radius 3 is 2.71 bits per heavy atom. The average molecular weight is 412 g/mol. The number of carboxylic acid groups (broad SMARTS) is 1. The van der Waals surface area contributed by atoms with Crippen molar-refractivity contribution in [2.45, 2.75) is 17.7 Å². The first-order chi connectivity index (χ1) is 13.5. The third-order valence-corrected chi connectivity index (χ3v) is 6.85. The first-order valence-electron chi connectivity index (χ1n) is 8.51. The molecule has 0 bridgehead atoms. The number of aromatic nitrogens is 2. The van der Waals surface area contributed by atoms with Gasteiger partial charge in [-0.05, 0) is 64.2 Å². The minimum Gasteiger partial charge on any atom is -0.481 e. The fraction of sp³-hybridized carbons (Fsp3) is 0.100. The maximum Gasteiger partial charge on any atom is 0.303 e. The number of carboxylic acids is 1. The minimum atomic E-state index is -3.84. The predicted octanol–water partition coefficient (Wildman–Crippen LogP) is 4.02. The number of thiophene rings is 1. The van der Waals surface area contributed by atoms with Crippen LogP contribution in [0.5, 0.6) is 0 Å². The summed E-state index contributed by atoms with van der Waals surface area (Å²) >= 11 is 1.58. The van der Waals surface area contributed by atoms with E-state index in [2.05, 4.69) is 4.98 Å². The first kappa shape index (κ1) is 18.4. The number of aryl methyl sites for hydroxylation is 1. The highest BCUT2D eigenvalue weighted by atomic mass is 32.2. The van der Waals surface area contributed by atoms with Crippen LogP contribution < -0.4 is 0 Å². The number of pyridine rings is 1. The Kier molecular flexibility index (Phi) is 4.74. The van der Waals surface area contributed by atoms with Crippen LogP contribution in [0.15, 0.2) is 70.6 Å². The zero-order valence-corrected chi connectivity index (χ0v) is 16.3. The summed E-state index contributed by atoms with van der Waals surface area (Å²) in [4.78, 5) is 15.0. The van der Waals surface area contributed by atoms with Gasteiger partial charge in [0, 0.05) is 30.4 Å². The molecule has 0 unspecified atom stereocenters. The molecule has 0 atom stereocenters. The highest BCUT2D eigenvalue weighted by Gasteiger charge is 2.22. The number of hydrogen-bond acceptors (Lipinski definition) is 5. The van der Waals surface area contributed by atoms with Gasteiger partial charge in [-0.15, -0.1) is 0 Å². The molecule has 1 N–H and O–H groups in total. The molecule has 0 aliphatic rings. The summed E-state index contributed by atoms with van der Waals surface area (Å²) in [5.41, 5.74) is 3.20. The molecule has 3 aromatic heterocycles. The van der Waals surface area contributed by atoms with E-state index < -0.39 is 16.0 Å². The van der Waals surface area contributed by atoms with Gasteiger partial charge < -0.3 is 5.11 Å². The quantitative estimate of drug-likeness (QED) is 0.517. The molecule has 0 aliphatic heterocycles. The van der Waals surface area contributed by atoms with Gasteiger partial charge in [0.25, 0.3) is 10.0 Å². The number of nitrogens with zero attached hydrogens (tertiary/aromatic N) is 2. The highest BCUT2D eigenvalue weighted by molar-refractivity contribution is 7.90. The Bertz CT molecular complexity index is 1240. The molecule has 0 fully saturated rings. The topological polar surface area (TPSA) is 89.3 Å². The Morgan fingerprint density at radius 2 is 2.04 bits per heavy atom. The van der Waals surface area contributed by atoms with Crippen LogP contribution in [0.25, 0.3) is 22.0 Å². The van der Waals surface area contributed by atoms with Crippen LogP contribution in [0, 0.1) is 0 Å². The summed E-state index contributed by atoms with van der Waals surface area (Å²) < 4.78 is 27.5. The van der Waals surface area contributed by atoms with Crippen LogP contribution in [-0.2, 0) is 21.2 Å². The Balaban J connectivity index is 1.91. The van der Waals surface area contributed by atoms with E-state index in [0.717, 1.165) is 16.5 Å². The zero-order chi connectivity index (χ0) is 19.7. The van der Waals surface area contributed by atoms with Crippen molar-refractivity contribution in [2.75, 3.05) is 0 Å². The van der Waals surface area contributed by atoms with Crippen molar-refractivity contribution < 1.29 is 18.3 Å². The normalized spacial score (nSPS) is 11.7. The molecule has 28 heavy (non-hydrogen) atoms. The molecule has 142 valence electrons. The minimum absolute atomic E-state index is 0.0747. The molecule has 0 amide bonds. The zero-order valence-electron chi connectivity index (χ0n) is 14.6. The van der Waals surface area contributed by atoms with Crippen LogP contribution in [0.4, 0.5) is 0 Å². The Hall–Kier alpha value is -2.97. The van der Waals surface area contributed by atoms with Crippen LogP contribution >= 0.6 is 11.3 Å². The van der Waals surface area contributed by atoms with Crippen LogP contribution in [-0.4, -0.2) is 28.5 Å². The Labute approximate surface area is 165 Å². The molecule has 6 nitrogen and oxygen atoms in total. The van der Waals surface area contributed by atoms with Gasteiger partial charge in [-0.2, -0.15) is 11.3 Å². The number of carbonyl (C=O) groups is 1. The molecule has 4 rings (SSSR count). The molecule has 0 aliphatic carbocycles. The SMILES string of the molecule is O=C(O)CCc1cn(S(=O)(=O)c2cccnc2)c2ccc(-c3ccsc3)cc12. The monoisotopic (exact) mass is 412 g/mol. The highest BCUT2D eigenvalue weighted by Crippen LogP contribution is 2.31. The van der Waals surface area contributed by atoms with Crippen LogP contribution in [0.2, 0.25) is 0 Å². The van der Waals surface area contributed by atoms with E-state index in [1.165, 1.54) is 28.6 Å². The van der Waals surface area contributed by atoms with Crippen molar-refractivity contribution in [2.24, 2.45) is 0 Å². The van der Waals surface area contributed by atoms with Gasteiger partial charge in [0.2, 0.25) is 0 Å². The number of fused-ring (bicyclic) bond motifs is 1. The second-order valence-electron chi connectivity index (χ2n) is 6.28. The van der Waals surface area contributed by atoms with E-state index in [1.807, 2.05) is 29.0 Å². The molecular formula is C20H16N2O4S2. The molecule has 3 heterocycles. The van der Waals surface area contributed by atoms with E-state index >= 15 is 0 Å². The molecule has 0 spiro atoms. The number of hydrogen-bond donors (Lipinski definition) is 1. The van der Waals surface area contributed by atoms with Crippen molar-refractivity contribution >= 4 is 38.2 Å². The van der Waals surface area contributed by atoms with Crippen molar-refractivity contribution in [1.29, 1.82) is 0 Å². The Morgan fingerprint density at radius 1 is 1.18 bits per heavy atom. The van der Waals surface area contributed by atoms with Gasteiger partial charge in [-0.1, -0.05) is 6.07 Å². The molecule has 0 radical (unpaired) electrons. The van der Waals surface area contributed by atoms with E-state index in [0.29, 0.717) is 11.1 Å². The maximum atomic E-state index is 13.1. The van der Waals surface area contributed by atoms with Gasteiger partial charge in [-0.3, -0.25) is 9.78 Å². The number of aliphatic carboxylic acids is 1. The summed E-state index contributed by atoms with van der Waals surface area (Å²) in [5.74, 6) is -0.926. The van der Waals surface area contributed by atoms with E-state index in [4.69, 9.17) is 5.11 Å². The predicted molar refractivity (Wildman–Crippen MR) is 108 cm³/mol. The standard InChI is InChI=1S/C20H16N2O4S2/c23-20(24)6-4-15-12-22(28(25,26)17-2-1-8-21-11-17)19-5-3-14(10-18(15)19)16-7-9-27-13-16/h1-3,5,7-13H,4,6H2,(H,23,24). The lowest BCUT2D eigenvalue weighted by Gasteiger charge is -2.07. The second kappa shape index (κ2) is 7.21. The molecule has 0 saturated carbocycles. The van der Waals surface area contributed by atoms with Gasteiger partial charge in [-0.25, -0.2) is 12.4 Å². The van der Waals surface area contributed by atoms with E-state index in [9.17, 15) is 13.2 Å². The van der Waals surface area contributed by atoms with E-state index in [1.54, 1.807) is 23.5 Å². The van der Waals surface area contributed by atoms with Gasteiger partial charge in [0.1, 0.15) is 4.90 Å². The summed E-state index contributed by atoms with van der Waals surface area (Å²) in [6.07, 6.45) is 4.51. The van der Waals surface area contributed by atoms with Crippen molar-refractivity contribution in [3.8, 4) is 11.1 Å². The largest absolute Gasteiger partial charge is 0.481 e.